The summed E-state index contributed by atoms with van der Waals surface area (Å²) in [5.41, 5.74) is 1.59. The minimum absolute atomic E-state index is 0.0279. The summed E-state index contributed by atoms with van der Waals surface area (Å²) in [6.45, 7) is 0.319. The second-order valence-corrected chi connectivity index (χ2v) is 9.35. The van der Waals surface area contributed by atoms with Gasteiger partial charge in [-0.25, -0.2) is 4.79 Å². The lowest BCUT2D eigenvalue weighted by Gasteiger charge is -2.56. The molecule has 25 heavy (non-hydrogen) atoms. The molecular formula is C21H28N2O2. The third kappa shape index (κ3) is 2.84. The zero-order valence-corrected chi connectivity index (χ0v) is 14.8. The van der Waals surface area contributed by atoms with Crippen molar-refractivity contribution in [3.63, 3.8) is 0 Å². The van der Waals surface area contributed by atoms with Gasteiger partial charge in [-0.15, -0.1) is 0 Å². The second kappa shape index (κ2) is 5.47. The van der Waals surface area contributed by atoms with Gasteiger partial charge < -0.3 is 15.7 Å². The summed E-state index contributed by atoms with van der Waals surface area (Å²) in [6, 6.07) is 8.08. The van der Waals surface area contributed by atoms with Crippen LogP contribution in [-0.4, -0.2) is 28.8 Å². The molecule has 1 aromatic carbocycles. The van der Waals surface area contributed by atoms with Crippen molar-refractivity contribution >= 4 is 6.03 Å². The van der Waals surface area contributed by atoms with Crippen molar-refractivity contribution in [2.75, 3.05) is 6.54 Å². The topological polar surface area (TPSA) is 61.4 Å². The number of hydrogen-bond acceptors (Lipinski definition) is 2. The highest BCUT2D eigenvalue weighted by Crippen LogP contribution is 2.55. The summed E-state index contributed by atoms with van der Waals surface area (Å²) in [5.74, 6) is 2.46. The van der Waals surface area contributed by atoms with Crippen LogP contribution in [0.15, 0.2) is 24.3 Å². The predicted octanol–water partition coefficient (Wildman–Crippen LogP) is 2.78. The Balaban J connectivity index is 1.19. The SMILES string of the molecule is O=C(NCC1(O)Cc2ccccc2C1)NC12CC3CC(CC(C3)C1)C2. The Bertz CT molecular complexity index is 639. The first-order valence-corrected chi connectivity index (χ1v) is 9.86. The molecule has 4 heteroatoms. The van der Waals surface area contributed by atoms with Gasteiger partial charge in [0.2, 0.25) is 0 Å². The maximum atomic E-state index is 12.6. The van der Waals surface area contributed by atoms with Gasteiger partial charge in [-0.05, 0) is 67.4 Å². The first-order valence-electron chi connectivity index (χ1n) is 9.86. The van der Waals surface area contributed by atoms with Gasteiger partial charge in [0.25, 0.3) is 0 Å². The number of urea groups is 1. The summed E-state index contributed by atoms with van der Waals surface area (Å²) >= 11 is 0. The standard InChI is InChI=1S/C21H28N2O2/c24-19(22-13-21(25)11-17-3-1-2-4-18(17)12-21)23-20-8-14-5-15(9-20)7-16(6-14)10-20/h1-4,14-16,25H,5-13H2,(H2,22,23,24). The maximum absolute atomic E-state index is 12.6. The molecular weight excluding hydrogens is 312 g/mol. The van der Waals surface area contributed by atoms with Crippen LogP contribution in [0.5, 0.6) is 0 Å². The lowest BCUT2D eigenvalue weighted by atomic mass is 9.53. The predicted molar refractivity (Wildman–Crippen MR) is 96.2 cm³/mol. The molecule has 0 aliphatic heterocycles. The molecule has 134 valence electrons. The molecule has 1 aromatic rings. The molecule has 0 heterocycles. The monoisotopic (exact) mass is 340 g/mol. The minimum Gasteiger partial charge on any atom is -0.387 e. The van der Waals surface area contributed by atoms with Crippen LogP contribution < -0.4 is 10.6 Å². The number of carbonyl (C=O) groups excluding carboxylic acids is 1. The van der Waals surface area contributed by atoms with Crippen molar-refractivity contribution in [3.8, 4) is 0 Å². The Labute approximate surface area is 149 Å². The molecule has 0 atom stereocenters. The number of benzene rings is 1. The number of fused-ring (bicyclic) bond motifs is 1. The summed E-state index contributed by atoms with van der Waals surface area (Å²) in [6.07, 6.45) is 8.84. The van der Waals surface area contributed by atoms with Crippen LogP contribution in [0.3, 0.4) is 0 Å². The van der Waals surface area contributed by atoms with Crippen LogP contribution in [-0.2, 0) is 12.8 Å². The van der Waals surface area contributed by atoms with Crippen LogP contribution in [0.25, 0.3) is 0 Å². The lowest BCUT2D eigenvalue weighted by molar-refractivity contribution is -0.0141. The van der Waals surface area contributed by atoms with Gasteiger partial charge in [-0.1, -0.05) is 24.3 Å². The van der Waals surface area contributed by atoms with Gasteiger partial charge in [0, 0.05) is 24.9 Å². The van der Waals surface area contributed by atoms with E-state index in [1.54, 1.807) is 0 Å². The van der Waals surface area contributed by atoms with Crippen molar-refractivity contribution < 1.29 is 9.90 Å². The van der Waals surface area contributed by atoms with Gasteiger partial charge in [-0.3, -0.25) is 0 Å². The maximum Gasteiger partial charge on any atom is 0.315 e. The van der Waals surface area contributed by atoms with Gasteiger partial charge in [-0.2, -0.15) is 0 Å². The molecule has 6 rings (SSSR count). The molecule has 3 N–H and O–H groups in total. The van der Waals surface area contributed by atoms with E-state index in [0.29, 0.717) is 19.4 Å². The molecule has 4 fully saturated rings. The summed E-state index contributed by atoms with van der Waals surface area (Å²) < 4.78 is 0. The van der Waals surface area contributed by atoms with E-state index in [0.717, 1.165) is 37.0 Å². The van der Waals surface area contributed by atoms with Gasteiger partial charge in [0.15, 0.2) is 0 Å². The molecule has 0 saturated heterocycles. The van der Waals surface area contributed by atoms with Crippen LogP contribution in [0, 0.1) is 17.8 Å². The van der Waals surface area contributed by atoms with Crippen molar-refractivity contribution in [1.29, 1.82) is 0 Å². The number of nitrogens with one attached hydrogen (secondary N) is 2. The Morgan fingerprint density at radius 2 is 1.52 bits per heavy atom. The van der Waals surface area contributed by atoms with E-state index in [9.17, 15) is 9.90 Å². The number of hydrogen-bond donors (Lipinski definition) is 3. The third-order valence-electron chi connectivity index (χ3n) is 7.15. The van der Waals surface area contributed by atoms with E-state index >= 15 is 0 Å². The van der Waals surface area contributed by atoms with Crippen molar-refractivity contribution in [3.05, 3.63) is 35.4 Å². The largest absolute Gasteiger partial charge is 0.387 e. The van der Waals surface area contributed by atoms with Gasteiger partial charge in [0.1, 0.15) is 0 Å². The highest BCUT2D eigenvalue weighted by atomic mass is 16.3. The summed E-state index contributed by atoms with van der Waals surface area (Å²) in [5, 5.41) is 17.1. The molecule has 0 unspecified atom stereocenters. The summed E-state index contributed by atoms with van der Waals surface area (Å²) in [4.78, 5) is 12.6. The Morgan fingerprint density at radius 1 is 1.00 bits per heavy atom. The fourth-order valence-corrected chi connectivity index (χ4v) is 6.59. The van der Waals surface area contributed by atoms with Crippen molar-refractivity contribution in [1.82, 2.24) is 10.6 Å². The molecule has 4 nitrogen and oxygen atoms in total. The van der Waals surface area contributed by atoms with Crippen LogP contribution in [0.1, 0.15) is 49.7 Å². The van der Waals surface area contributed by atoms with Crippen LogP contribution in [0.2, 0.25) is 0 Å². The van der Waals surface area contributed by atoms with E-state index in [-0.39, 0.29) is 11.6 Å². The van der Waals surface area contributed by atoms with E-state index in [2.05, 4.69) is 22.8 Å². The third-order valence-corrected chi connectivity index (χ3v) is 7.15. The first-order chi connectivity index (χ1) is 12.0. The van der Waals surface area contributed by atoms with E-state index in [4.69, 9.17) is 0 Å². The number of rotatable bonds is 3. The molecule has 4 saturated carbocycles. The lowest BCUT2D eigenvalue weighted by Crippen LogP contribution is -2.62. The minimum atomic E-state index is -0.845. The fraction of sp³-hybridized carbons (Fsp3) is 0.667. The van der Waals surface area contributed by atoms with Gasteiger partial charge in [0.05, 0.1) is 5.60 Å². The molecule has 5 aliphatic rings. The van der Waals surface area contributed by atoms with Crippen LogP contribution in [0.4, 0.5) is 4.79 Å². The number of aliphatic hydroxyl groups is 1. The normalized spacial score (nSPS) is 36.9. The van der Waals surface area contributed by atoms with E-state index in [1.165, 1.54) is 30.4 Å². The average Bonchev–Trinajstić information content (AvgIpc) is 2.88. The Morgan fingerprint density at radius 3 is 2.04 bits per heavy atom. The Hall–Kier alpha value is -1.55. The zero-order chi connectivity index (χ0) is 17.1. The molecule has 0 spiro atoms. The second-order valence-electron chi connectivity index (χ2n) is 9.35. The highest BCUT2D eigenvalue weighted by Gasteiger charge is 2.51. The fourth-order valence-electron chi connectivity index (χ4n) is 6.59. The quantitative estimate of drug-likeness (QED) is 0.792. The molecule has 4 bridgehead atoms. The summed E-state index contributed by atoms with van der Waals surface area (Å²) in [7, 11) is 0. The molecule has 2 amide bonds. The first kappa shape index (κ1) is 15.7. The van der Waals surface area contributed by atoms with Crippen LogP contribution >= 0.6 is 0 Å². The zero-order valence-electron chi connectivity index (χ0n) is 14.8. The van der Waals surface area contributed by atoms with E-state index in [1.807, 2.05) is 12.1 Å². The molecule has 0 aromatic heterocycles. The average molecular weight is 340 g/mol. The molecule has 0 radical (unpaired) electrons. The number of amides is 2. The van der Waals surface area contributed by atoms with E-state index < -0.39 is 5.60 Å². The van der Waals surface area contributed by atoms with Crippen molar-refractivity contribution in [2.24, 2.45) is 17.8 Å². The Kier molecular flexibility index (Phi) is 3.43. The van der Waals surface area contributed by atoms with Crippen molar-refractivity contribution in [2.45, 2.75) is 62.5 Å². The van der Waals surface area contributed by atoms with Gasteiger partial charge >= 0.3 is 6.03 Å². The highest BCUT2D eigenvalue weighted by molar-refractivity contribution is 5.75. The molecule has 5 aliphatic carbocycles. The smallest absolute Gasteiger partial charge is 0.315 e. The number of carbonyl (C=O) groups is 1.